The van der Waals surface area contributed by atoms with Gasteiger partial charge < -0.3 is 5.32 Å². The van der Waals surface area contributed by atoms with Gasteiger partial charge in [0.15, 0.2) is 0 Å². The standard InChI is InChI=1S/C15H17N3S/c1-16-14(8-7-12-5-4-10-19-12)13-11-17-18-9-3-2-6-15(13)18/h2-6,9-11,14,16H,7-8H2,1H3. The number of nitrogens with zero attached hydrogens (tertiary/aromatic N) is 2. The van der Waals surface area contributed by atoms with Crippen molar-refractivity contribution in [1.29, 1.82) is 0 Å². The molecule has 0 saturated carbocycles. The molecule has 0 bridgehead atoms. The molecule has 3 rings (SSSR count). The topological polar surface area (TPSA) is 29.3 Å². The van der Waals surface area contributed by atoms with Crippen LogP contribution >= 0.6 is 11.3 Å². The third-order valence-electron chi connectivity index (χ3n) is 3.44. The molecule has 0 spiro atoms. The highest BCUT2D eigenvalue weighted by molar-refractivity contribution is 7.09. The second-order valence-corrected chi connectivity index (χ2v) is 5.62. The van der Waals surface area contributed by atoms with Crippen molar-refractivity contribution in [3.8, 4) is 0 Å². The fourth-order valence-electron chi connectivity index (χ4n) is 2.42. The van der Waals surface area contributed by atoms with Gasteiger partial charge >= 0.3 is 0 Å². The minimum atomic E-state index is 0.349. The van der Waals surface area contributed by atoms with E-state index in [1.54, 1.807) is 0 Å². The Balaban J connectivity index is 1.81. The van der Waals surface area contributed by atoms with Gasteiger partial charge in [0.05, 0.1) is 11.7 Å². The minimum Gasteiger partial charge on any atom is -0.313 e. The SMILES string of the molecule is CNC(CCc1cccs1)c1cnn2ccccc12. The number of hydrogen-bond donors (Lipinski definition) is 1. The quantitative estimate of drug-likeness (QED) is 0.771. The summed E-state index contributed by atoms with van der Waals surface area (Å²) in [5.41, 5.74) is 2.47. The third-order valence-corrected chi connectivity index (χ3v) is 4.38. The number of hydrogen-bond acceptors (Lipinski definition) is 3. The maximum Gasteiger partial charge on any atom is 0.0709 e. The minimum absolute atomic E-state index is 0.349. The van der Waals surface area contributed by atoms with E-state index in [1.165, 1.54) is 16.0 Å². The molecule has 0 aliphatic heterocycles. The largest absolute Gasteiger partial charge is 0.313 e. The lowest BCUT2D eigenvalue weighted by Crippen LogP contribution is -2.16. The molecule has 0 amide bonds. The van der Waals surface area contributed by atoms with Gasteiger partial charge in [-0.1, -0.05) is 12.1 Å². The Morgan fingerprint density at radius 1 is 1.32 bits per heavy atom. The Kier molecular flexibility index (Phi) is 3.62. The first kappa shape index (κ1) is 12.4. The lowest BCUT2D eigenvalue weighted by Gasteiger charge is -2.14. The summed E-state index contributed by atoms with van der Waals surface area (Å²) >= 11 is 1.83. The predicted octanol–water partition coefficient (Wildman–Crippen LogP) is 3.29. The fourth-order valence-corrected chi connectivity index (χ4v) is 3.14. The summed E-state index contributed by atoms with van der Waals surface area (Å²) in [6.45, 7) is 0. The Morgan fingerprint density at radius 2 is 2.26 bits per heavy atom. The van der Waals surface area contributed by atoms with E-state index in [9.17, 15) is 0 Å². The summed E-state index contributed by atoms with van der Waals surface area (Å²) < 4.78 is 1.94. The van der Waals surface area contributed by atoms with Gasteiger partial charge in [0, 0.05) is 22.7 Å². The lowest BCUT2D eigenvalue weighted by atomic mass is 10.0. The van der Waals surface area contributed by atoms with E-state index < -0.39 is 0 Å². The van der Waals surface area contributed by atoms with Crippen molar-refractivity contribution in [2.45, 2.75) is 18.9 Å². The molecule has 4 heteroatoms. The van der Waals surface area contributed by atoms with Crippen molar-refractivity contribution in [3.05, 3.63) is 58.5 Å². The van der Waals surface area contributed by atoms with Gasteiger partial charge in [-0.2, -0.15) is 5.10 Å². The second-order valence-electron chi connectivity index (χ2n) is 4.59. The highest BCUT2D eigenvalue weighted by atomic mass is 32.1. The molecule has 3 aromatic rings. The molecule has 0 aliphatic rings. The molecule has 3 heterocycles. The summed E-state index contributed by atoms with van der Waals surface area (Å²) in [4.78, 5) is 1.44. The number of nitrogens with one attached hydrogen (secondary N) is 1. The molecule has 1 atom stereocenters. The number of thiophene rings is 1. The monoisotopic (exact) mass is 271 g/mol. The molecule has 98 valence electrons. The Bertz CT molecular complexity index is 642. The first-order valence-electron chi connectivity index (χ1n) is 6.50. The van der Waals surface area contributed by atoms with Gasteiger partial charge in [0.25, 0.3) is 0 Å². The van der Waals surface area contributed by atoms with Crippen LogP contribution in [0.1, 0.15) is 22.9 Å². The highest BCUT2D eigenvalue weighted by Gasteiger charge is 2.14. The third kappa shape index (κ3) is 2.55. The molecule has 0 radical (unpaired) electrons. The zero-order chi connectivity index (χ0) is 13.1. The van der Waals surface area contributed by atoms with Gasteiger partial charge in [-0.05, 0) is 43.5 Å². The maximum absolute atomic E-state index is 4.41. The normalized spacial score (nSPS) is 12.9. The molecular weight excluding hydrogens is 254 g/mol. The average Bonchev–Trinajstić information content (AvgIpc) is 3.09. The number of pyridine rings is 1. The Labute approximate surface area is 116 Å². The molecule has 19 heavy (non-hydrogen) atoms. The van der Waals surface area contributed by atoms with Gasteiger partial charge in [-0.15, -0.1) is 11.3 Å². The lowest BCUT2D eigenvalue weighted by molar-refractivity contribution is 0.555. The van der Waals surface area contributed by atoms with Crippen LogP contribution in [-0.4, -0.2) is 16.7 Å². The van der Waals surface area contributed by atoms with Crippen LogP contribution in [0, 0.1) is 0 Å². The number of fused-ring (bicyclic) bond motifs is 1. The Hall–Kier alpha value is -1.65. The van der Waals surface area contributed by atoms with Gasteiger partial charge in [-0.3, -0.25) is 0 Å². The van der Waals surface area contributed by atoms with Crippen LogP contribution in [0.25, 0.3) is 5.52 Å². The van der Waals surface area contributed by atoms with E-state index in [1.807, 2.05) is 41.4 Å². The molecule has 0 aliphatic carbocycles. The number of rotatable bonds is 5. The van der Waals surface area contributed by atoms with Crippen LogP contribution in [-0.2, 0) is 6.42 Å². The van der Waals surface area contributed by atoms with Crippen LogP contribution in [0.3, 0.4) is 0 Å². The van der Waals surface area contributed by atoms with Gasteiger partial charge in [-0.25, -0.2) is 4.52 Å². The summed E-state index contributed by atoms with van der Waals surface area (Å²) in [6.07, 6.45) is 6.16. The summed E-state index contributed by atoms with van der Waals surface area (Å²) in [7, 11) is 2.02. The van der Waals surface area contributed by atoms with E-state index >= 15 is 0 Å². The molecule has 3 aromatic heterocycles. The average molecular weight is 271 g/mol. The molecule has 0 aromatic carbocycles. The molecule has 3 nitrogen and oxygen atoms in total. The molecule has 1 unspecified atom stereocenters. The number of aromatic nitrogens is 2. The molecule has 1 N–H and O–H groups in total. The second kappa shape index (κ2) is 5.55. The number of aryl methyl sites for hydroxylation is 1. The van der Waals surface area contributed by atoms with E-state index in [4.69, 9.17) is 0 Å². The predicted molar refractivity (Wildman–Crippen MR) is 79.6 cm³/mol. The van der Waals surface area contributed by atoms with Crippen molar-refractivity contribution in [3.63, 3.8) is 0 Å². The van der Waals surface area contributed by atoms with Gasteiger partial charge in [0.2, 0.25) is 0 Å². The van der Waals surface area contributed by atoms with Crippen molar-refractivity contribution in [2.75, 3.05) is 7.05 Å². The van der Waals surface area contributed by atoms with Crippen LogP contribution in [0.5, 0.6) is 0 Å². The summed E-state index contributed by atoms with van der Waals surface area (Å²) in [6, 6.07) is 10.9. The van der Waals surface area contributed by atoms with E-state index in [0.29, 0.717) is 6.04 Å². The Morgan fingerprint density at radius 3 is 3.05 bits per heavy atom. The van der Waals surface area contributed by atoms with Gasteiger partial charge in [0.1, 0.15) is 0 Å². The zero-order valence-corrected chi connectivity index (χ0v) is 11.7. The maximum atomic E-state index is 4.41. The van der Waals surface area contributed by atoms with E-state index in [-0.39, 0.29) is 0 Å². The van der Waals surface area contributed by atoms with Crippen LogP contribution < -0.4 is 5.32 Å². The van der Waals surface area contributed by atoms with Crippen LogP contribution in [0.2, 0.25) is 0 Å². The molecular formula is C15H17N3S. The molecule has 0 fully saturated rings. The van der Waals surface area contributed by atoms with E-state index in [0.717, 1.165) is 12.8 Å². The summed E-state index contributed by atoms with van der Waals surface area (Å²) in [5, 5.41) is 9.96. The van der Waals surface area contributed by atoms with Crippen molar-refractivity contribution in [1.82, 2.24) is 14.9 Å². The highest BCUT2D eigenvalue weighted by Crippen LogP contribution is 2.24. The summed E-state index contributed by atoms with van der Waals surface area (Å²) in [5.74, 6) is 0. The van der Waals surface area contributed by atoms with Crippen LogP contribution in [0.15, 0.2) is 48.1 Å². The van der Waals surface area contributed by atoms with E-state index in [2.05, 4.69) is 40.1 Å². The smallest absolute Gasteiger partial charge is 0.0709 e. The zero-order valence-electron chi connectivity index (χ0n) is 10.9. The first-order chi connectivity index (χ1) is 9.38. The van der Waals surface area contributed by atoms with Crippen molar-refractivity contribution < 1.29 is 0 Å². The van der Waals surface area contributed by atoms with Crippen molar-refractivity contribution >= 4 is 16.9 Å². The molecule has 0 saturated heterocycles. The first-order valence-corrected chi connectivity index (χ1v) is 7.38. The fraction of sp³-hybridized carbons (Fsp3) is 0.267. The van der Waals surface area contributed by atoms with Crippen LogP contribution in [0.4, 0.5) is 0 Å². The van der Waals surface area contributed by atoms with Crippen molar-refractivity contribution in [2.24, 2.45) is 0 Å².